The maximum atomic E-state index is 12.0. The van der Waals surface area contributed by atoms with Crippen LogP contribution in [0.4, 0.5) is 13.2 Å². The number of amides is 1. The van der Waals surface area contributed by atoms with Crippen LogP contribution in [0.25, 0.3) is 0 Å². The quantitative estimate of drug-likeness (QED) is 0.640. The van der Waals surface area contributed by atoms with Crippen LogP contribution in [0.15, 0.2) is 0 Å². The average molecular weight is 264 g/mol. The fourth-order valence-corrected chi connectivity index (χ4v) is 1.57. The Balaban J connectivity index is 5.18. The molecule has 0 aliphatic carbocycles. The zero-order valence-corrected chi connectivity index (χ0v) is 8.38. The van der Waals surface area contributed by atoms with Crippen molar-refractivity contribution in [2.45, 2.75) is 5.51 Å². The number of hydrogen-bond donors (Lipinski definition) is 2. The van der Waals surface area contributed by atoms with Gasteiger partial charge in [0.2, 0.25) is 5.91 Å². The van der Waals surface area contributed by atoms with Gasteiger partial charge in [-0.05, 0) is 0 Å². The molecular formula is C5H7F3N2O5S. The second-order valence-corrected chi connectivity index (χ2v) is 4.51. The minimum atomic E-state index is -5.88. The van der Waals surface area contributed by atoms with E-state index in [2.05, 4.69) is 5.73 Å². The lowest BCUT2D eigenvalue weighted by Gasteiger charge is -2.19. The van der Waals surface area contributed by atoms with Gasteiger partial charge in [0.1, 0.15) is 6.54 Å². The van der Waals surface area contributed by atoms with Crippen LogP contribution in [-0.4, -0.2) is 48.3 Å². The molecule has 16 heavy (non-hydrogen) atoms. The zero-order valence-electron chi connectivity index (χ0n) is 7.56. The number of carbonyl (C=O) groups excluding carboxylic acids is 1. The predicted molar refractivity (Wildman–Crippen MR) is 43.4 cm³/mol. The number of nitrogens with zero attached hydrogens (tertiary/aromatic N) is 1. The van der Waals surface area contributed by atoms with Crippen LogP contribution >= 0.6 is 0 Å². The number of carboxylic acids is 1. The first-order chi connectivity index (χ1) is 6.98. The van der Waals surface area contributed by atoms with E-state index in [0.717, 1.165) is 0 Å². The smallest absolute Gasteiger partial charge is 0.480 e. The summed E-state index contributed by atoms with van der Waals surface area (Å²) in [6.07, 6.45) is 0. The van der Waals surface area contributed by atoms with E-state index in [0.29, 0.717) is 0 Å². The lowest BCUT2D eigenvalue weighted by Crippen LogP contribution is -2.47. The van der Waals surface area contributed by atoms with Gasteiger partial charge >= 0.3 is 21.5 Å². The third kappa shape index (κ3) is 3.66. The van der Waals surface area contributed by atoms with E-state index < -0.39 is 44.8 Å². The monoisotopic (exact) mass is 264 g/mol. The number of halogens is 3. The summed E-state index contributed by atoms with van der Waals surface area (Å²) >= 11 is 0. The molecule has 0 bridgehead atoms. The van der Waals surface area contributed by atoms with Gasteiger partial charge in [-0.15, -0.1) is 0 Å². The maximum Gasteiger partial charge on any atom is 0.511 e. The highest BCUT2D eigenvalue weighted by Gasteiger charge is 2.50. The van der Waals surface area contributed by atoms with Crippen LogP contribution in [0.2, 0.25) is 0 Å². The average Bonchev–Trinajstić information content (AvgIpc) is 1.98. The van der Waals surface area contributed by atoms with Crippen molar-refractivity contribution in [3.05, 3.63) is 0 Å². The van der Waals surface area contributed by atoms with Crippen molar-refractivity contribution in [3.8, 4) is 0 Å². The molecule has 3 N–H and O–H groups in total. The molecular weight excluding hydrogens is 257 g/mol. The standard InChI is InChI=1S/C5H7F3N2O5S/c6-5(7,8)16(14,15)10(1-3(9)11)2-4(12)13/h1-2H2,(H2,9,11)(H,12,13). The molecule has 0 aromatic carbocycles. The van der Waals surface area contributed by atoms with Crippen LogP contribution in [-0.2, 0) is 19.6 Å². The lowest BCUT2D eigenvalue weighted by atomic mass is 10.5. The number of sulfonamides is 1. The number of primary amides is 1. The van der Waals surface area contributed by atoms with Crippen LogP contribution in [0.5, 0.6) is 0 Å². The van der Waals surface area contributed by atoms with Gasteiger partial charge in [0.05, 0.1) is 6.54 Å². The Labute approximate surface area is 87.7 Å². The fraction of sp³-hybridized carbons (Fsp3) is 0.600. The largest absolute Gasteiger partial charge is 0.511 e. The van der Waals surface area contributed by atoms with Gasteiger partial charge in [-0.1, -0.05) is 0 Å². The molecule has 1 amide bonds. The molecule has 0 saturated heterocycles. The number of carboxylic acid groups (broad SMARTS) is 1. The number of hydrogen-bond acceptors (Lipinski definition) is 4. The molecule has 0 aromatic rings. The molecule has 0 rings (SSSR count). The number of rotatable bonds is 5. The Kier molecular flexibility index (Phi) is 4.26. The Morgan fingerprint density at radius 3 is 1.94 bits per heavy atom. The van der Waals surface area contributed by atoms with Gasteiger partial charge in [-0.3, -0.25) is 9.59 Å². The van der Waals surface area contributed by atoms with Crippen LogP contribution in [0, 0.1) is 0 Å². The topological polar surface area (TPSA) is 118 Å². The molecule has 0 heterocycles. The normalized spacial score (nSPS) is 12.8. The van der Waals surface area contributed by atoms with E-state index in [1.54, 1.807) is 0 Å². The summed E-state index contributed by atoms with van der Waals surface area (Å²) in [5.74, 6) is -3.23. The summed E-state index contributed by atoms with van der Waals surface area (Å²) < 4.78 is 57.0. The van der Waals surface area contributed by atoms with Crippen LogP contribution in [0.3, 0.4) is 0 Å². The van der Waals surface area contributed by atoms with Gasteiger partial charge in [0, 0.05) is 0 Å². The Bertz CT molecular complexity index is 373. The van der Waals surface area contributed by atoms with Gasteiger partial charge < -0.3 is 10.8 Å². The van der Waals surface area contributed by atoms with Gasteiger partial charge in [-0.2, -0.15) is 17.5 Å². The Morgan fingerprint density at radius 2 is 1.69 bits per heavy atom. The molecule has 0 radical (unpaired) electrons. The molecule has 0 unspecified atom stereocenters. The van der Waals surface area contributed by atoms with Crippen molar-refractivity contribution in [3.63, 3.8) is 0 Å². The van der Waals surface area contributed by atoms with Crippen molar-refractivity contribution < 1.29 is 36.3 Å². The fourth-order valence-electron chi connectivity index (χ4n) is 0.697. The number of aliphatic carboxylic acids is 1. The lowest BCUT2D eigenvalue weighted by molar-refractivity contribution is -0.137. The SMILES string of the molecule is NC(=O)CN(CC(=O)O)S(=O)(=O)C(F)(F)F. The Morgan fingerprint density at radius 1 is 1.25 bits per heavy atom. The summed E-state index contributed by atoms with van der Waals surface area (Å²) in [4.78, 5) is 20.5. The summed E-state index contributed by atoms with van der Waals surface area (Å²) in [5, 5.41) is 8.20. The highest BCUT2D eigenvalue weighted by molar-refractivity contribution is 7.90. The Hall–Kier alpha value is -1.36. The third-order valence-corrected chi connectivity index (χ3v) is 2.80. The first-order valence-electron chi connectivity index (χ1n) is 3.55. The molecule has 0 spiro atoms. The van der Waals surface area contributed by atoms with Gasteiger partial charge in [-0.25, -0.2) is 8.42 Å². The second kappa shape index (κ2) is 4.65. The molecule has 0 atom stereocenters. The number of carbonyl (C=O) groups is 2. The highest BCUT2D eigenvalue weighted by atomic mass is 32.2. The van der Waals surface area contributed by atoms with Crippen LogP contribution in [0.1, 0.15) is 0 Å². The van der Waals surface area contributed by atoms with E-state index in [-0.39, 0.29) is 0 Å². The van der Waals surface area contributed by atoms with E-state index in [4.69, 9.17) is 5.11 Å². The summed E-state index contributed by atoms with van der Waals surface area (Å²) in [6.45, 7) is -2.85. The van der Waals surface area contributed by atoms with Gasteiger partial charge in [0.25, 0.3) is 0 Å². The molecule has 0 aromatic heterocycles. The molecule has 0 fully saturated rings. The molecule has 0 aliphatic heterocycles. The third-order valence-electron chi connectivity index (χ3n) is 1.28. The molecule has 94 valence electrons. The van der Waals surface area contributed by atoms with E-state index in [9.17, 15) is 31.2 Å². The highest BCUT2D eigenvalue weighted by Crippen LogP contribution is 2.26. The van der Waals surface area contributed by atoms with E-state index in [1.165, 1.54) is 0 Å². The van der Waals surface area contributed by atoms with E-state index in [1.807, 2.05) is 0 Å². The van der Waals surface area contributed by atoms with Crippen molar-refractivity contribution in [2.24, 2.45) is 5.73 Å². The molecule has 0 aliphatic rings. The molecule has 11 heteroatoms. The minimum absolute atomic E-state index is 0.558. The second-order valence-electron chi connectivity index (χ2n) is 2.58. The summed E-state index contributed by atoms with van der Waals surface area (Å²) in [7, 11) is -5.88. The van der Waals surface area contributed by atoms with Crippen molar-refractivity contribution in [2.75, 3.05) is 13.1 Å². The van der Waals surface area contributed by atoms with Crippen LogP contribution < -0.4 is 5.73 Å². The number of alkyl halides is 3. The minimum Gasteiger partial charge on any atom is -0.480 e. The van der Waals surface area contributed by atoms with Crippen molar-refractivity contribution in [1.82, 2.24) is 4.31 Å². The predicted octanol–water partition coefficient (Wildman–Crippen LogP) is -1.29. The first kappa shape index (κ1) is 14.6. The maximum absolute atomic E-state index is 12.0. The molecule has 7 nitrogen and oxygen atoms in total. The van der Waals surface area contributed by atoms with Crippen molar-refractivity contribution >= 4 is 21.9 Å². The summed E-state index contributed by atoms with van der Waals surface area (Å²) in [5.41, 5.74) is -1.18. The molecule has 0 saturated carbocycles. The zero-order chi connectivity index (χ0) is 13.1. The first-order valence-corrected chi connectivity index (χ1v) is 4.99. The summed E-state index contributed by atoms with van der Waals surface area (Å²) in [6, 6.07) is 0. The van der Waals surface area contributed by atoms with Crippen molar-refractivity contribution in [1.29, 1.82) is 0 Å². The number of nitrogens with two attached hydrogens (primary N) is 1. The van der Waals surface area contributed by atoms with E-state index >= 15 is 0 Å². The van der Waals surface area contributed by atoms with Gasteiger partial charge in [0.15, 0.2) is 0 Å².